The van der Waals surface area contributed by atoms with E-state index in [1.165, 1.54) is 21.3 Å². The third-order valence-electron chi connectivity index (χ3n) is 4.56. The number of carbonyl (C=O) groups excluding carboxylic acids is 2. The van der Waals surface area contributed by atoms with Crippen molar-refractivity contribution in [1.29, 1.82) is 0 Å². The van der Waals surface area contributed by atoms with Gasteiger partial charge in [0.2, 0.25) is 11.6 Å². The lowest BCUT2D eigenvalue weighted by Gasteiger charge is -2.51. The average Bonchev–Trinajstić information content (AvgIpc) is 2.62. The zero-order chi connectivity index (χ0) is 19.3. The molecule has 1 saturated heterocycles. The van der Waals surface area contributed by atoms with Crippen LogP contribution in [0.4, 0.5) is 0 Å². The van der Waals surface area contributed by atoms with Crippen LogP contribution in [0.5, 0.6) is 0 Å². The summed E-state index contributed by atoms with van der Waals surface area (Å²) >= 11 is 0. The Hall–Kier alpha value is -1.22. The topological polar surface area (TPSA) is 83.5 Å². The van der Waals surface area contributed by atoms with Gasteiger partial charge in [0.05, 0.1) is 7.11 Å². The highest BCUT2D eigenvalue weighted by atomic mass is 16.8. The number of esters is 1. The molecule has 0 aromatic carbocycles. The molecule has 1 heterocycles. The average molecular weight is 361 g/mol. The zero-order valence-electron chi connectivity index (χ0n) is 16.3. The van der Waals surface area contributed by atoms with Crippen molar-refractivity contribution < 1.29 is 33.3 Å². The van der Waals surface area contributed by atoms with Gasteiger partial charge in [0, 0.05) is 27.3 Å². The van der Waals surface area contributed by atoms with Crippen LogP contribution in [0.15, 0.2) is 0 Å². The Morgan fingerprint density at radius 1 is 0.920 bits per heavy atom. The van der Waals surface area contributed by atoms with Crippen molar-refractivity contribution in [3.8, 4) is 0 Å². The van der Waals surface area contributed by atoms with E-state index >= 15 is 0 Å². The highest BCUT2D eigenvalue weighted by Gasteiger charge is 2.60. The molecular weight excluding hydrogens is 330 g/mol. The molecule has 0 aromatic heterocycles. The summed E-state index contributed by atoms with van der Waals surface area (Å²) < 4.78 is 27.4. The summed E-state index contributed by atoms with van der Waals surface area (Å²) in [6.45, 7) is 8.27. The second-order valence-electron chi connectivity index (χ2n) is 6.23. The molecule has 146 valence electrons. The Balaban J connectivity index is 3.23. The van der Waals surface area contributed by atoms with Crippen molar-refractivity contribution in [1.82, 2.24) is 4.90 Å². The van der Waals surface area contributed by atoms with Gasteiger partial charge in [-0.2, -0.15) is 0 Å². The number of hydrogen-bond donors (Lipinski definition) is 0. The van der Waals surface area contributed by atoms with Gasteiger partial charge in [0.1, 0.15) is 0 Å². The Kier molecular flexibility index (Phi) is 7.80. The van der Waals surface area contributed by atoms with Crippen LogP contribution in [-0.4, -0.2) is 75.0 Å². The number of methoxy groups -OCH3 is 3. The molecule has 0 unspecified atom stereocenters. The van der Waals surface area contributed by atoms with E-state index in [0.717, 1.165) is 12.8 Å². The molecule has 8 nitrogen and oxygen atoms in total. The van der Waals surface area contributed by atoms with Gasteiger partial charge in [-0.25, -0.2) is 4.79 Å². The monoisotopic (exact) mass is 361 g/mol. The van der Waals surface area contributed by atoms with Crippen LogP contribution < -0.4 is 0 Å². The van der Waals surface area contributed by atoms with Crippen LogP contribution >= 0.6 is 0 Å². The third-order valence-corrected chi connectivity index (χ3v) is 4.56. The minimum atomic E-state index is -1.39. The third kappa shape index (κ3) is 4.31. The second kappa shape index (κ2) is 8.93. The lowest BCUT2D eigenvalue weighted by atomic mass is 10.0. The van der Waals surface area contributed by atoms with Gasteiger partial charge in [-0.1, -0.05) is 13.8 Å². The summed E-state index contributed by atoms with van der Waals surface area (Å²) in [5, 5.41) is 0. The van der Waals surface area contributed by atoms with E-state index in [2.05, 4.69) is 0 Å². The fraction of sp³-hybridized carbons (Fsp3) is 0.882. The summed E-state index contributed by atoms with van der Waals surface area (Å²) in [6.07, 6.45) is -0.848. The molecule has 4 atom stereocenters. The van der Waals surface area contributed by atoms with Gasteiger partial charge >= 0.3 is 5.97 Å². The number of carbonyl (C=O) groups is 2. The Bertz CT molecular complexity index is 466. The molecule has 1 fully saturated rings. The predicted molar refractivity (Wildman–Crippen MR) is 89.8 cm³/mol. The van der Waals surface area contributed by atoms with Crippen LogP contribution in [0, 0.1) is 0 Å². The Morgan fingerprint density at radius 3 is 1.72 bits per heavy atom. The minimum Gasteiger partial charge on any atom is -0.467 e. The first-order valence-electron chi connectivity index (χ1n) is 8.56. The fourth-order valence-corrected chi connectivity index (χ4v) is 2.81. The number of ether oxygens (including phenoxy) is 5. The zero-order valence-corrected chi connectivity index (χ0v) is 16.3. The van der Waals surface area contributed by atoms with Crippen molar-refractivity contribution in [2.45, 2.75) is 64.3 Å². The molecular formula is C17H31NO7. The molecule has 1 aliphatic rings. The van der Waals surface area contributed by atoms with Crippen LogP contribution in [-0.2, 0) is 33.3 Å². The quantitative estimate of drug-likeness (QED) is 0.603. The molecule has 0 N–H and O–H groups in total. The highest BCUT2D eigenvalue weighted by molar-refractivity contribution is 5.89. The summed E-state index contributed by atoms with van der Waals surface area (Å²) in [7, 11) is 4.07. The summed E-state index contributed by atoms with van der Waals surface area (Å²) in [6, 6.07) is 0. The van der Waals surface area contributed by atoms with Gasteiger partial charge in [-0.3, -0.25) is 4.79 Å². The molecule has 1 aliphatic heterocycles. The number of nitrogens with zero attached hydrogens (tertiary/aromatic N) is 1. The molecule has 1 rings (SSSR count). The largest absolute Gasteiger partial charge is 0.467 e. The first-order valence-corrected chi connectivity index (χ1v) is 8.56. The molecule has 0 aliphatic carbocycles. The standard InChI is InChI=1S/C17H31NO7/c1-8-10-18(11-9-2)14(19)12-13(15(20)21-5)25-17(4,23-7)16(3,22-6)24-12/h12-13H,8-11H2,1-7H3/t12-,13-,16-,17-/m1/s1. The van der Waals surface area contributed by atoms with E-state index in [-0.39, 0.29) is 5.91 Å². The van der Waals surface area contributed by atoms with E-state index < -0.39 is 29.8 Å². The Labute approximate surface area is 149 Å². The van der Waals surface area contributed by atoms with Gasteiger partial charge in [0.15, 0.2) is 12.2 Å². The number of amides is 1. The predicted octanol–water partition coefficient (Wildman–Crippen LogP) is 1.32. The second-order valence-corrected chi connectivity index (χ2v) is 6.23. The minimum absolute atomic E-state index is 0.333. The van der Waals surface area contributed by atoms with Gasteiger partial charge in [-0.05, 0) is 26.7 Å². The van der Waals surface area contributed by atoms with Crippen molar-refractivity contribution in [3.63, 3.8) is 0 Å². The molecule has 25 heavy (non-hydrogen) atoms. The highest BCUT2D eigenvalue weighted by Crippen LogP contribution is 2.39. The maximum absolute atomic E-state index is 13.0. The van der Waals surface area contributed by atoms with E-state index in [4.69, 9.17) is 23.7 Å². The first-order chi connectivity index (χ1) is 11.7. The summed E-state index contributed by atoms with van der Waals surface area (Å²) in [4.78, 5) is 26.9. The van der Waals surface area contributed by atoms with E-state index in [0.29, 0.717) is 13.1 Å². The lowest BCUT2D eigenvalue weighted by molar-refractivity contribution is -0.438. The smallest absolute Gasteiger partial charge is 0.338 e. The maximum Gasteiger partial charge on any atom is 0.338 e. The number of rotatable bonds is 8. The molecule has 8 heteroatoms. The lowest BCUT2D eigenvalue weighted by Crippen LogP contribution is -2.69. The van der Waals surface area contributed by atoms with Gasteiger partial charge in [-0.15, -0.1) is 0 Å². The molecule has 0 aromatic rings. The van der Waals surface area contributed by atoms with Crippen LogP contribution in [0.1, 0.15) is 40.5 Å². The molecule has 0 saturated carbocycles. The van der Waals surface area contributed by atoms with E-state index in [1.54, 1.807) is 18.7 Å². The van der Waals surface area contributed by atoms with E-state index in [1.807, 2.05) is 13.8 Å². The van der Waals surface area contributed by atoms with Crippen molar-refractivity contribution in [3.05, 3.63) is 0 Å². The van der Waals surface area contributed by atoms with Gasteiger partial charge < -0.3 is 28.6 Å². The van der Waals surface area contributed by atoms with Crippen LogP contribution in [0.3, 0.4) is 0 Å². The van der Waals surface area contributed by atoms with E-state index in [9.17, 15) is 9.59 Å². The normalized spacial score (nSPS) is 32.3. The first kappa shape index (κ1) is 21.8. The summed E-state index contributed by atoms with van der Waals surface area (Å²) in [5.41, 5.74) is 0. The molecule has 0 bridgehead atoms. The summed E-state index contributed by atoms with van der Waals surface area (Å²) in [5.74, 6) is -3.80. The van der Waals surface area contributed by atoms with Crippen molar-refractivity contribution >= 4 is 11.9 Å². The molecule has 0 radical (unpaired) electrons. The van der Waals surface area contributed by atoms with Crippen molar-refractivity contribution in [2.75, 3.05) is 34.4 Å². The fourth-order valence-electron chi connectivity index (χ4n) is 2.81. The SMILES string of the molecule is CCCN(CCC)C(=O)[C@@H]1O[C@@](C)(OC)[C@](C)(OC)O[C@H]1C(=O)OC. The molecule has 1 amide bonds. The molecule has 0 spiro atoms. The Morgan fingerprint density at radius 2 is 1.36 bits per heavy atom. The van der Waals surface area contributed by atoms with Crippen LogP contribution in [0.2, 0.25) is 0 Å². The maximum atomic E-state index is 13.0. The van der Waals surface area contributed by atoms with Gasteiger partial charge in [0.25, 0.3) is 5.91 Å². The number of hydrogen-bond acceptors (Lipinski definition) is 7. The van der Waals surface area contributed by atoms with Crippen molar-refractivity contribution in [2.24, 2.45) is 0 Å². The van der Waals surface area contributed by atoms with Crippen LogP contribution in [0.25, 0.3) is 0 Å².